The third kappa shape index (κ3) is 3.03. The van der Waals surface area contributed by atoms with Crippen molar-refractivity contribution < 1.29 is 14.4 Å². The van der Waals surface area contributed by atoms with Crippen molar-refractivity contribution in [2.75, 3.05) is 43.9 Å². The molecular weight excluding hydrogens is 376 g/mol. The molecule has 1 saturated heterocycles. The molecule has 10 nitrogen and oxygen atoms in total. The lowest BCUT2D eigenvalue weighted by molar-refractivity contribution is 0.0878. The van der Waals surface area contributed by atoms with Crippen LogP contribution in [0.2, 0.25) is 0 Å². The van der Waals surface area contributed by atoms with E-state index in [0.717, 1.165) is 23.7 Å². The number of aromatic nitrogens is 1. The van der Waals surface area contributed by atoms with Gasteiger partial charge in [0, 0.05) is 37.8 Å². The number of hydrogen-bond acceptors (Lipinski definition) is 7. The van der Waals surface area contributed by atoms with Gasteiger partial charge in [-0.3, -0.25) is 29.1 Å². The Balaban J connectivity index is 1.95. The Labute approximate surface area is 165 Å². The van der Waals surface area contributed by atoms with E-state index in [1.54, 1.807) is 12.1 Å². The van der Waals surface area contributed by atoms with Crippen molar-refractivity contribution in [1.82, 2.24) is 14.8 Å². The molecule has 0 bridgehead atoms. The molecule has 4 rings (SSSR count). The summed E-state index contributed by atoms with van der Waals surface area (Å²) in [7, 11) is 2.02. The van der Waals surface area contributed by atoms with E-state index in [4.69, 9.17) is 11.5 Å². The second-order valence-corrected chi connectivity index (χ2v) is 7.13. The second kappa shape index (κ2) is 6.74. The van der Waals surface area contributed by atoms with E-state index in [-0.39, 0.29) is 22.5 Å². The highest BCUT2D eigenvalue weighted by Crippen LogP contribution is 2.30. The summed E-state index contributed by atoms with van der Waals surface area (Å²) >= 11 is 0. The number of imide groups is 1. The molecule has 10 heteroatoms. The average Bonchev–Trinajstić information content (AvgIpc) is 2.96. The number of rotatable bonds is 3. The van der Waals surface area contributed by atoms with Crippen LogP contribution in [0.4, 0.5) is 11.5 Å². The van der Waals surface area contributed by atoms with Crippen LogP contribution in [0.15, 0.2) is 29.1 Å². The monoisotopic (exact) mass is 396 g/mol. The Morgan fingerprint density at radius 2 is 1.69 bits per heavy atom. The van der Waals surface area contributed by atoms with Crippen LogP contribution < -0.4 is 27.2 Å². The number of nitrogens with zero attached hydrogens (tertiary/aromatic N) is 3. The average molecular weight is 396 g/mol. The predicted molar refractivity (Wildman–Crippen MR) is 106 cm³/mol. The first-order valence-electron chi connectivity index (χ1n) is 9.07. The first-order chi connectivity index (χ1) is 13.8. The van der Waals surface area contributed by atoms with E-state index in [2.05, 4.69) is 15.1 Å². The number of nitrogens with two attached hydrogens (primary N) is 2. The third-order valence-corrected chi connectivity index (χ3v) is 5.30. The van der Waals surface area contributed by atoms with Gasteiger partial charge in [-0.15, -0.1) is 0 Å². The van der Waals surface area contributed by atoms with Crippen molar-refractivity contribution in [2.24, 2.45) is 5.73 Å². The standard InChI is InChI=1S/C19H20N6O4/c1-23-4-6-24(7-5-23)12-3-2-10(17(21)27)8-13(12)25-14(26)9-11-15(16(25)20)19(29)22-18(11)28/h2-3,8-9H,4-7,20H2,1H3,(H2,21,27)(H,22,28,29). The van der Waals surface area contributed by atoms with Gasteiger partial charge in [-0.05, 0) is 25.2 Å². The number of anilines is 2. The van der Waals surface area contributed by atoms with Gasteiger partial charge in [-0.1, -0.05) is 0 Å². The zero-order valence-corrected chi connectivity index (χ0v) is 15.8. The molecule has 0 spiro atoms. The first kappa shape index (κ1) is 18.7. The van der Waals surface area contributed by atoms with Crippen molar-refractivity contribution in [3.63, 3.8) is 0 Å². The zero-order chi connectivity index (χ0) is 20.9. The number of fused-ring (bicyclic) bond motifs is 1. The molecule has 0 unspecified atom stereocenters. The molecule has 0 saturated carbocycles. The van der Waals surface area contributed by atoms with Gasteiger partial charge >= 0.3 is 0 Å². The summed E-state index contributed by atoms with van der Waals surface area (Å²) in [5.41, 5.74) is 12.1. The van der Waals surface area contributed by atoms with E-state index < -0.39 is 23.3 Å². The second-order valence-electron chi connectivity index (χ2n) is 7.13. The van der Waals surface area contributed by atoms with Crippen LogP contribution >= 0.6 is 0 Å². The Kier molecular flexibility index (Phi) is 4.35. The van der Waals surface area contributed by atoms with Crippen LogP contribution in [0.5, 0.6) is 0 Å². The van der Waals surface area contributed by atoms with Crippen LogP contribution in [0.3, 0.4) is 0 Å². The van der Waals surface area contributed by atoms with Crippen molar-refractivity contribution in [1.29, 1.82) is 0 Å². The van der Waals surface area contributed by atoms with Gasteiger partial charge in [0.15, 0.2) is 0 Å². The van der Waals surface area contributed by atoms with Crippen molar-refractivity contribution in [3.05, 3.63) is 51.3 Å². The van der Waals surface area contributed by atoms with Crippen molar-refractivity contribution in [2.45, 2.75) is 0 Å². The molecule has 3 amide bonds. The number of carbonyl (C=O) groups excluding carboxylic acids is 3. The van der Waals surface area contributed by atoms with Gasteiger partial charge < -0.3 is 21.3 Å². The Morgan fingerprint density at radius 1 is 1.00 bits per heavy atom. The third-order valence-electron chi connectivity index (χ3n) is 5.30. The van der Waals surface area contributed by atoms with Crippen LogP contribution in [-0.4, -0.2) is 60.4 Å². The van der Waals surface area contributed by atoms with Gasteiger partial charge in [0.1, 0.15) is 5.82 Å². The number of likely N-dealkylation sites (N-methyl/N-ethyl adjacent to an activating group) is 1. The van der Waals surface area contributed by atoms with E-state index in [9.17, 15) is 19.2 Å². The fourth-order valence-corrected chi connectivity index (χ4v) is 3.70. The largest absolute Gasteiger partial charge is 0.384 e. The maximum absolute atomic E-state index is 12.9. The summed E-state index contributed by atoms with van der Waals surface area (Å²) in [6, 6.07) is 5.86. The predicted octanol–water partition coefficient (Wildman–Crippen LogP) is -0.846. The number of amides is 3. The lowest BCUT2D eigenvalue weighted by Gasteiger charge is -2.35. The summed E-state index contributed by atoms with van der Waals surface area (Å²) < 4.78 is 1.15. The van der Waals surface area contributed by atoms with Gasteiger partial charge in [-0.2, -0.15) is 0 Å². The summed E-state index contributed by atoms with van der Waals surface area (Å²) in [5, 5.41) is 2.14. The fraction of sp³-hybridized carbons (Fsp3) is 0.263. The lowest BCUT2D eigenvalue weighted by Crippen LogP contribution is -2.45. The van der Waals surface area contributed by atoms with Crippen LogP contribution in [0.1, 0.15) is 31.1 Å². The number of hydrogen-bond donors (Lipinski definition) is 3. The highest BCUT2D eigenvalue weighted by molar-refractivity contribution is 6.23. The van der Waals surface area contributed by atoms with Gasteiger partial charge in [0.25, 0.3) is 17.4 Å². The molecule has 29 heavy (non-hydrogen) atoms. The summed E-state index contributed by atoms with van der Waals surface area (Å²) in [6.45, 7) is 3.06. The van der Waals surface area contributed by atoms with Crippen LogP contribution in [-0.2, 0) is 0 Å². The molecule has 2 aliphatic rings. The maximum Gasteiger partial charge on any atom is 0.262 e. The lowest BCUT2D eigenvalue weighted by atomic mass is 10.1. The SMILES string of the molecule is CN1CCN(c2ccc(C(N)=O)cc2-n2c(N)c3c(cc2=O)C(=O)NC3=O)CC1. The molecule has 1 aromatic heterocycles. The molecule has 150 valence electrons. The zero-order valence-electron chi connectivity index (χ0n) is 15.8. The molecule has 1 fully saturated rings. The molecule has 2 aliphatic heterocycles. The minimum Gasteiger partial charge on any atom is -0.384 e. The minimum atomic E-state index is -0.663. The Bertz CT molecular complexity index is 1110. The number of pyridine rings is 1. The summed E-state index contributed by atoms with van der Waals surface area (Å²) in [6.07, 6.45) is 0. The summed E-state index contributed by atoms with van der Waals surface area (Å²) in [4.78, 5) is 52.9. The number of carbonyl (C=O) groups is 3. The number of nitrogen functional groups attached to an aromatic ring is 1. The first-order valence-corrected chi connectivity index (χ1v) is 9.07. The maximum atomic E-state index is 12.9. The Morgan fingerprint density at radius 3 is 2.34 bits per heavy atom. The highest BCUT2D eigenvalue weighted by atomic mass is 16.2. The summed E-state index contributed by atoms with van der Waals surface area (Å²) in [5.74, 6) is -2.14. The van der Waals surface area contributed by atoms with E-state index >= 15 is 0 Å². The molecule has 0 radical (unpaired) electrons. The van der Waals surface area contributed by atoms with E-state index in [1.165, 1.54) is 6.07 Å². The quantitative estimate of drug-likeness (QED) is 0.574. The topological polar surface area (TPSA) is 144 Å². The highest BCUT2D eigenvalue weighted by Gasteiger charge is 2.32. The molecule has 2 aromatic rings. The number of benzene rings is 1. The number of primary amides is 1. The molecule has 0 atom stereocenters. The molecule has 5 N–H and O–H groups in total. The van der Waals surface area contributed by atoms with Crippen LogP contribution in [0, 0.1) is 0 Å². The minimum absolute atomic E-state index is 0.0524. The van der Waals surface area contributed by atoms with Crippen LogP contribution in [0.25, 0.3) is 5.69 Å². The molecule has 0 aliphatic carbocycles. The number of nitrogens with one attached hydrogen (secondary N) is 1. The van der Waals surface area contributed by atoms with Gasteiger partial charge in [-0.25, -0.2) is 0 Å². The van der Waals surface area contributed by atoms with Crippen molar-refractivity contribution in [3.8, 4) is 5.69 Å². The van der Waals surface area contributed by atoms with Crippen molar-refractivity contribution >= 4 is 29.2 Å². The fourth-order valence-electron chi connectivity index (χ4n) is 3.70. The smallest absolute Gasteiger partial charge is 0.262 e. The van der Waals surface area contributed by atoms with E-state index in [0.29, 0.717) is 24.5 Å². The van der Waals surface area contributed by atoms with Gasteiger partial charge in [0.2, 0.25) is 5.91 Å². The normalized spacial score (nSPS) is 16.7. The Hall–Kier alpha value is -3.66. The van der Waals surface area contributed by atoms with E-state index in [1.807, 2.05) is 7.05 Å². The number of piperazine rings is 1. The van der Waals surface area contributed by atoms with Gasteiger partial charge in [0.05, 0.1) is 22.5 Å². The molecule has 3 heterocycles. The molecule has 1 aromatic carbocycles. The molecular formula is C19H20N6O4.